The summed E-state index contributed by atoms with van der Waals surface area (Å²) in [5, 5.41) is 19.7. The number of nitriles is 1. The molecule has 8 heteroatoms. The van der Waals surface area contributed by atoms with Crippen LogP contribution in [0.25, 0.3) is 21.9 Å². The van der Waals surface area contributed by atoms with E-state index < -0.39 is 17.9 Å². The number of hydrogen-bond acceptors (Lipinski definition) is 5. The zero-order valence-corrected chi connectivity index (χ0v) is 16.4. The van der Waals surface area contributed by atoms with E-state index in [0.717, 1.165) is 0 Å². The summed E-state index contributed by atoms with van der Waals surface area (Å²) >= 11 is 6.27. The highest BCUT2D eigenvalue weighted by Crippen LogP contribution is 2.34. The second-order valence-corrected chi connectivity index (χ2v) is 7.23. The summed E-state index contributed by atoms with van der Waals surface area (Å²) in [6, 6.07) is 8.45. The van der Waals surface area contributed by atoms with Gasteiger partial charge >= 0.3 is 5.97 Å². The monoisotopic (exact) mass is 399 g/mol. The second kappa shape index (κ2) is 7.13. The minimum Gasteiger partial charge on any atom is -0.490 e. The van der Waals surface area contributed by atoms with Crippen LogP contribution in [0.5, 0.6) is 5.75 Å². The van der Waals surface area contributed by atoms with Crippen molar-refractivity contribution in [3.63, 3.8) is 0 Å². The highest BCUT2D eigenvalue weighted by Gasteiger charge is 2.25. The van der Waals surface area contributed by atoms with Crippen LogP contribution in [0.3, 0.4) is 0 Å². The van der Waals surface area contributed by atoms with Crippen LogP contribution in [0, 0.1) is 11.3 Å². The predicted molar refractivity (Wildman–Crippen MR) is 106 cm³/mol. The lowest BCUT2D eigenvalue weighted by molar-refractivity contribution is -0.137. The SMILES string of the molecule is CCOc1c(Cl)ccc2c(=O)c3ccc(C(C)(C)C#N)nc3n(CC(=O)O)c12. The molecule has 0 atom stereocenters. The van der Waals surface area contributed by atoms with Crippen molar-refractivity contribution in [2.24, 2.45) is 0 Å². The summed E-state index contributed by atoms with van der Waals surface area (Å²) < 4.78 is 7.04. The Balaban J connectivity index is 2.57. The molecule has 0 aliphatic carbocycles. The number of carbonyl (C=O) groups is 1. The van der Waals surface area contributed by atoms with Crippen molar-refractivity contribution in [1.29, 1.82) is 5.26 Å². The van der Waals surface area contributed by atoms with E-state index in [4.69, 9.17) is 16.3 Å². The molecule has 0 aliphatic rings. The van der Waals surface area contributed by atoms with Crippen LogP contribution in [-0.2, 0) is 16.8 Å². The molecule has 0 saturated heterocycles. The number of nitrogens with zero attached hydrogens (tertiary/aromatic N) is 3. The number of aliphatic carboxylic acids is 1. The lowest BCUT2D eigenvalue weighted by Gasteiger charge is -2.19. The largest absolute Gasteiger partial charge is 0.490 e. The van der Waals surface area contributed by atoms with Gasteiger partial charge in [0.2, 0.25) is 0 Å². The molecule has 1 N–H and O–H groups in total. The first-order valence-corrected chi connectivity index (χ1v) is 9.01. The zero-order chi connectivity index (χ0) is 20.6. The third-order valence-electron chi connectivity index (χ3n) is 4.48. The van der Waals surface area contributed by atoms with Crippen LogP contribution in [0.4, 0.5) is 0 Å². The number of benzene rings is 1. The molecule has 3 rings (SSSR count). The summed E-state index contributed by atoms with van der Waals surface area (Å²) in [5.41, 5.74) is -0.347. The fourth-order valence-electron chi connectivity index (χ4n) is 3.06. The molecule has 0 saturated carbocycles. The van der Waals surface area contributed by atoms with Gasteiger partial charge in [-0.15, -0.1) is 0 Å². The molecule has 144 valence electrons. The summed E-state index contributed by atoms with van der Waals surface area (Å²) in [7, 11) is 0. The Bertz CT molecular complexity index is 1210. The average Bonchev–Trinajstić information content (AvgIpc) is 2.66. The number of aromatic nitrogens is 2. The number of pyridine rings is 2. The van der Waals surface area contributed by atoms with Crippen LogP contribution in [0.2, 0.25) is 5.02 Å². The van der Waals surface area contributed by atoms with Crippen molar-refractivity contribution in [3.05, 3.63) is 45.2 Å². The van der Waals surface area contributed by atoms with Gasteiger partial charge in [-0.3, -0.25) is 9.59 Å². The topological polar surface area (TPSA) is 105 Å². The van der Waals surface area contributed by atoms with Gasteiger partial charge in [-0.25, -0.2) is 4.98 Å². The molecular formula is C20H18ClN3O4. The van der Waals surface area contributed by atoms with Gasteiger partial charge in [-0.05, 0) is 45.0 Å². The van der Waals surface area contributed by atoms with E-state index in [-0.39, 0.29) is 44.7 Å². The molecule has 1 aromatic carbocycles. The third kappa shape index (κ3) is 3.16. The van der Waals surface area contributed by atoms with Crippen LogP contribution in [0.1, 0.15) is 26.5 Å². The van der Waals surface area contributed by atoms with Gasteiger partial charge < -0.3 is 14.4 Å². The van der Waals surface area contributed by atoms with Crippen molar-refractivity contribution in [3.8, 4) is 11.8 Å². The first-order valence-electron chi connectivity index (χ1n) is 8.63. The highest BCUT2D eigenvalue weighted by molar-refractivity contribution is 6.33. The number of fused-ring (bicyclic) bond motifs is 2. The number of carboxylic acid groups (broad SMARTS) is 1. The number of halogens is 1. The molecular weight excluding hydrogens is 382 g/mol. The van der Waals surface area contributed by atoms with Crippen molar-refractivity contribution in [2.45, 2.75) is 32.7 Å². The molecule has 0 bridgehead atoms. The molecule has 0 fully saturated rings. The van der Waals surface area contributed by atoms with E-state index in [1.165, 1.54) is 4.57 Å². The maximum absolute atomic E-state index is 13.1. The van der Waals surface area contributed by atoms with Gasteiger partial charge in [0.15, 0.2) is 11.2 Å². The van der Waals surface area contributed by atoms with Crippen molar-refractivity contribution in [2.75, 3.05) is 6.61 Å². The number of ether oxygens (including phenoxy) is 1. The summed E-state index contributed by atoms with van der Waals surface area (Å²) in [5.74, 6) is -0.880. The molecule has 0 unspecified atom stereocenters. The lowest BCUT2D eigenvalue weighted by Crippen LogP contribution is -2.21. The fourth-order valence-corrected chi connectivity index (χ4v) is 3.26. The predicted octanol–water partition coefficient (Wildman–Crippen LogP) is 3.49. The molecule has 0 radical (unpaired) electrons. The van der Waals surface area contributed by atoms with E-state index in [1.54, 1.807) is 45.0 Å². The molecule has 2 heterocycles. The second-order valence-electron chi connectivity index (χ2n) is 6.82. The van der Waals surface area contributed by atoms with Crippen LogP contribution >= 0.6 is 11.6 Å². The van der Waals surface area contributed by atoms with Gasteiger partial charge in [0, 0.05) is 0 Å². The quantitative estimate of drug-likeness (QED) is 0.658. The Morgan fingerprint density at radius 3 is 2.61 bits per heavy atom. The third-order valence-corrected chi connectivity index (χ3v) is 4.77. The Morgan fingerprint density at radius 1 is 1.32 bits per heavy atom. The summed E-state index contributed by atoms with van der Waals surface area (Å²) in [4.78, 5) is 29.1. The van der Waals surface area contributed by atoms with Gasteiger partial charge in [0.25, 0.3) is 0 Å². The van der Waals surface area contributed by atoms with E-state index in [1.807, 2.05) is 0 Å². The van der Waals surface area contributed by atoms with Gasteiger partial charge in [-0.1, -0.05) is 11.6 Å². The van der Waals surface area contributed by atoms with E-state index >= 15 is 0 Å². The minimum atomic E-state index is -1.11. The maximum atomic E-state index is 13.1. The first kappa shape index (κ1) is 19.6. The minimum absolute atomic E-state index is 0.170. The van der Waals surface area contributed by atoms with Crippen LogP contribution in [-0.4, -0.2) is 27.2 Å². The summed E-state index contributed by atoms with van der Waals surface area (Å²) in [6.45, 7) is 5.00. The summed E-state index contributed by atoms with van der Waals surface area (Å²) in [6.07, 6.45) is 0. The number of carboxylic acids is 1. The molecule has 0 amide bonds. The molecule has 2 aromatic heterocycles. The van der Waals surface area contributed by atoms with E-state index in [2.05, 4.69) is 11.1 Å². The normalized spacial score (nSPS) is 11.5. The molecule has 0 spiro atoms. The Labute approximate surface area is 165 Å². The molecule has 28 heavy (non-hydrogen) atoms. The fraction of sp³-hybridized carbons (Fsp3) is 0.300. The first-order chi connectivity index (χ1) is 13.2. The Kier molecular flexibility index (Phi) is 5.01. The smallest absolute Gasteiger partial charge is 0.323 e. The van der Waals surface area contributed by atoms with Crippen molar-refractivity contribution in [1.82, 2.24) is 9.55 Å². The van der Waals surface area contributed by atoms with E-state index in [0.29, 0.717) is 5.69 Å². The van der Waals surface area contributed by atoms with Gasteiger partial charge in [0.1, 0.15) is 12.2 Å². The standard InChI is InChI=1S/C20H18ClN3O4/c1-4-28-18-13(21)7-5-11-16(18)24(9-15(25)26)19-12(17(11)27)6-8-14(23-19)20(2,3)10-22/h5-8H,4,9H2,1-3H3,(H,25,26). The van der Waals surface area contributed by atoms with Crippen molar-refractivity contribution >= 4 is 39.5 Å². The highest BCUT2D eigenvalue weighted by atomic mass is 35.5. The van der Waals surface area contributed by atoms with Gasteiger partial charge in [0.05, 0.1) is 45.1 Å². The Hall–Kier alpha value is -3.11. The van der Waals surface area contributed by atoms with Crippen molar-refractivity contribution < 1.29 is 14.6 Å². The lowest BCUT2D eigenvalue weighted by atomic mass is 9.90. The van der Waals surface area contributed by atoms with Crippen LogP contribution < -0.4 is 10.2 Å². The maximum Gasteiger partial charge on any atom is 0.323 e. The van der Waals surface area contributed by atoms with Crippen LogP contribution in [0.15, 0.2) is 29.1 Å². The molecule has 0 aliphatic heterocycles. The number of hydrogen-bond donors (Lipinski definition) is 1. The zero-order valence-electron chi connectivity index (χ0n) is 15.6. The molecule has 3 aromatic rings. The van der Waals surface area contributed by atoms with E-state index in [9.17, 15) is 20.0 Å². The Morgan fingerprint density at radius 2 is 2.00 bits per heavy atom. The molecule has 7 nitrogen and oxygen atoms in total. The average molecular weight is 400 g/mol. The van der Waals surface area contributed by atoms with Gasteiger partial charge in [-0.2, -0.15) is 5.26 Å². The number of rotatable bonds is 5.